The molecule has 0 N–H and O–H groups in total. The minimum atomic E-state index is -3.67. The Balaban J connectivity index is 1.83. The zero-order chi connectivity index (χ0) is 23.3. The zero-order valence-electron chi connectivity index (χ0n) is 19.2. The second-order valence-electron chi connectivity index (χ2n) is 8.92. The minimum Gasteiger partial charge on any atom is -0.394 e. The van der Waals surface area contributed by atoms with E-state index in [0.717, 1.165) is 0 Å². The first-order valence-corrected chi connectivity index (χ1v) is 27.7. The van der Waals surface area contributed by atoms with E-state index in [0.29, 0.717) is 17.8 Å². The van der Waals surface area contributed by atoms with E-state index in [4.69, 9.17) is 45.3 Å². The quantitative estimate of drug-likeness (QED) is 0.454. The molecule has 6 heterocycles. The van der Waals surface area contributed by atoms with Gasteiger partial charge in [-0.2, -0.15) is 0 Å². The molecule has 0 spiro atoms. The van der Waals surface area contributed by atoms with Crippen molar-refractivity contribution in [3.63, 3.8) is 0 Å². The van der Waals surface area contributed by atoms with E-state index in [9.17, 15) is 0 Å². The molecule has 0 amide bonds. The number of rotatable bonds is 4. The largest absolute Gasteiger partial charge is 0.506 e. The lowest BCUT2D eigenvalue weighted by molar-refractivity contribution is 0.0136. The third-order valence-electron chi connectivity index (χ3n) is 5.80. The Morgan fingerprint density at radius 1 is 0.594 bits per heavy atom. The van der Waals surface area contributed by atoms with Gasteiger partial charge < -0.3 is 45.3 Å². The van der Waals surface area contributed by atoms with E-state index >= 15 is 0 Å². The monoisotopic (exact) mass is 586 g/mol. The van der Waals surface area contributed by atoms with Crippen molar-refractivity contribution < 1.29 is 45.3 Å². The van der Waals surface area contributed by atoms with Crippen molar-refractivity contribution >= 4 is 69.9 Å². The molecule has 6 aliphatic rings. The van der Waals surface area contributed by atoms with Gasteiger partial charge in [-0.15, -0.1) is 13.2 Å². The molecule has 0 saturated carbocycles. The molecule has 6 rings (SSSR count). The lowest BCUT2D eigenvalue weighted by atomic mass is 11.0. The Kier molecular flexibility index (Phi) is 5.48. The maximum absolute atomic E-state index is 6.85. The SMILES string of the molecule is C=C[Si]12C[Si]3(C)O[Si]4(CC)O[Si](C)(O1)O[Si]1(C=C)O[Si](C)(O2)O[Si](CC)(O3)O[Si](C)(O1)O4. The summed E-state index contributed by atoms with van der Waals surface area (Å²) in [5.41, 5.74) is 3.69. The van der Waals surface area contributed by atoms with Crippen molar-refractivity contribution in [2.45, 2.75) is 57.8 Å². The van der Waals surface area contributed by atoms with Crippen molar-refractivity contribution in [2.24, 2.45) is 0 Å². The first kappa shape index (κ1) is 24.5. The summed E-state index contributed by atoms with van der Waals surface area (Å²) < 4.78 is 73.8. The highest BCUT2D eigenvalue weighted by Crippen LogP contribution is 2.50. The Bertz CT molecular complexity index is 766. The van der Waals surface area contributed by atoms with Crippen LogP contribution in [0.4, 0.5) is 0 Å². The smallest absolute Gasteiger partial charge is 0.394 e. The van der Waals surface area contributed by atoms with Crippen LogP contribution in [0.25, 0.3) is 0 Å². The molecule has 0 aliphatic carbocycles. The Labute approximate surface area is 197 Å². The third-order valence-corrected chi connectivity index (χ3v) is 43.6. The molecule has 8 bridgehead atoms. The van der Waals surface area contributed by atoms with E-state index in [1.807, 2.05) is 20.4 Å². The van der Waals surface area contributed by atoms with Gasteiger partial charge in [0.1, 0.15) is 0 Å². The number of hydrogen-bond donors (Lipinski definition) is 0. The predicted molar refractivity (Wildman–Crippen MR) is 128 cm³/mol. The lowest BCUT2D eigenvalue weighted by Gasteiger charge is -2.61. The second-order valence-corrected chi connectivity index (χ2v) is 34.5. The van der Waals surface area contributed by atoms with Crippen LogP contribution in [0, 0.1) is 0 Å². The van der Waals surface area contributed by atoms with Crippen LogP contribution in [-0.2, 0) is 45.3 Å². The Hall–Kier alpha value is 0.775. The molecule has 4 atom stereocenters. The Morgan fingerprint density at radius 2 is 1.00 bits per heavy atom. The average molecular weight is 587 g/mol. The molecule has 0 aromatic heterocycles. The number of hydrogen-bond acceptors (Lipinski definition) is 11. The van der Waals surface area contributed by atoms with Crippen LogP contribution >= 0.6 is 0 Å². The van der Waals surface area contributed by atoms with Crippen LogP contribution in [0.3, 0.4) is 0 Å². The summed E-state index contributed by atoms with van der Waals surface area (Å²) in [7, 11) is -27.2. The Morgan fingerprint density at radius 3 is 1.34 bits per heavy atom. The second kappa shape index (κ2) is 7.17. The van der Waals surface area contributed by atoms with Crippen molar-refractivity contribution in [3.8, 4) is 0 Å². The summed E-state index contributed by atoms with van der Waals surface area (Å²) >= 11 is 0. The molecule has 11 nitrogen and oxygen atoms in total. The first-order chi connectivity index (χ1) is 14.7. The normalized spacial score (nSPS) is 58.9. The highest BCUT2D eigenvalue weighted by molar-refractivity contribution is 7.07. The summed E-state index contributed by atoms with van der Waals surface area (Å²) in [4.78, 5) is 0. The van der Waals surface area contributed by atoms with Gasteiger partial charge in [0.15, 0.2) is 0 Å². The van der Waals surface area contributed by atoms with Gasteiger partial charge in [0, 0.05) is 37.4 Å². The van der Waals surface area contributed by atoms with Crippen LogP contribution in [0.2, 0.25) is 43.9 Å². The summed E-state index contributed by atoms with van der Waals surface area (Å²) in [6, 6.07) is 0.954. The van der Waals surface area contributed by atoms with E-state index in [1.54, 1.807) is 31.0 Å². The third kappa shape index (κ3) is 3.80. The van der Waals surface area contributed by atoms with E-state index in [1.165, 1.54) is 0 Å². The molecular formula is C13H30O11Si8. The van der Waals surface area contributed by atoms with Crippen LogP contribution in [0.5, 0.6) is 0 Å². The van der Waals surface area contributed by atoms with Crippen molar-refractivity contribution in [2.75, 3.05) is 0 Å². The molecule has 6 saturated heterocycles. The standard InChI is InChI=1S/C13H30O11Si8/c1-9-29-13-25(5)14-30(10-2)18-26(6,16-29)20-32(12-4)21-27(7,17-29)19-31(11-3,15-25)23-28(8,22-30)24-32/h9,12H,1,4,10-11,13H2,2-3,5-8H3. The van der Waals surface area contributed by atoms with E-state index < -0.39 is 69.9 Å². The molecule has 4 unspecified atom stereocenters. The summed E-state index contributed by atoms with van der Waals surface area (Å²) in [6.45, 7) is 19.3. The van der Waals surface area contributed by atoms with E-state index in [-0.39, 0.29) is 0 Å². The molecule has 180 valence electrons. The van der Waals surface area contributed by atoms with Crippen molar-refractivity contribution in [1.29, 1.82) is 0 Å². The maximum atomic E-state index is 6.85. The molecule has 6 aliphatic heterocycles. The fourth-order valence-corrected chi connectivity index (χ4v) is 54.3. The van der Waals surface area contributed by atoms with Crippen LogP contribution < -0.4 is 0 Å². The average Bonchev–Trinajstić information content (AvgIpc) is 2.61. The van der Waals surface area contributed by atoms with Gasteiger partial charge in [0.2, 0.25) is 0 Å². The van der Waals surface area contributed by atoms with Gasteiger partial charge in [0.25, 0.3) is 0 Å². The van der Waals surface area contributed by atoms with Gasteiger partial charge in [-0.05, 0) is 12.2 Å². The highest BCUT2D eigenvalue weighted by atomic mass is 28.6. The highest BCUT2D eigenvalue weighted by Gasteiger charge is 2.78. The summed E-state index contributed by atoms with van der Waals surface area (Å²) in [6.07, 6.45) is 0. The zero-order valence-corrected chi connectivity index (χ0v) is 27.2. The molecule has 19 heteroatoms. The summed E-state index contributed by atoms with van der Waals surface area (Å²) in [5, 5.41) is 0. The van der Waals surface area contributed by atoms with Crippen LogP contribution in [-0.4, -0.2) is 69.9 Å². The minimum absolute atomic E-state index is 0.423. The van der Waals surface area contributed by atoms with Gasteiger partial charge in [-0.3, -0.25) is 0 Å². The van der Waals surface area contributed by atoms with Crippen LogP contribution in [0.1, 0.15) is 13.8 Å². The predicted octanol–water partition coefficient (Wildman–Crippen LogP) is 2.30. The van der Waals surface area contributed by atoms with Gasteiger partial charge in [-0.25, -0.2) is 0 Å². The fraction of sp³-hybridized carbons (Fsp3) is 0.692. The molecule has 0 radical (unpaired) electrons. The summed E-state index contributed by atoms with van der Waals surface area (Å²) in [5.74, 6) is 0. The lowest BCUT2D eigenvalue weighted by Crippen LogP contribution is -2.86. The molecule has 0 aromatic rings. The maximum Gasteiger partial charge on any atom is 0.506 e. The molecule has 0 aromatic carbocycles. The first-order valence-electron chi connectivity index (χ1n) is 10.7. The van der Waals surface area contributed by atoms with Crippen molar-refractivity contribution in [1.82, 2.24) is 0 Å². The van der Waals surface area contributed by atoms with Gasteiger partial charge >= 0.3 is 69.9 Å². The molecule has 32 heavy (non-hydrogen) atoms. The van der Waals surface area contributed by atoms with E-state index in [2.05, 4.69) is 13.2 Å². The van der Waals surface area contributed by atoms with Crippen molar-refractivity contribution in [3.05, 3.63) is 24.6 Å². The van der Waals surface area contributed by atoms with Crippen LogP contribution in [0.15, 0.2) is 24.6 Å². The molecular weight excluding hydrogens is 557 g/mol. The topological polar surface area (TPSA) is 102 Å². The fourth-order valence-electron chi connectivity index (χ4n) is 4.91. The molecule has 6 fully saturated rings. The van der Waals surface area contributed by atoms with Gasteiger partial charge in [0.05, 0.1) is 0 Å². The van der Waals surface area contributed by atoms with Gasteiger partial charge in [-0.1, -0.05) is 19.5 Å².